The number of benzene rings is 2. The zero-order chi connectivity index (χ0) is 15.0. The summed E-state index contributed by atoms with van der Waals surface area (Å²) in [6.45, 7) is 4.36. The summed E-state index contributed by atoms with van der Waals surface area (Å²) in [5.41, 5.74) is 4.37. The fourth-order valence-electron chi connectivity index (χ4n) is 2.77. The first-order valence-corrected chi connectivity index (χ1v) is 7.61. The normalized spacial score (nSPS) is 17.0. The van der Waals surface area contributed by atoms with Crippen LogP contribution in [0.5, 0.6) is 0 Å². The van der Waals surface area contributed by atoms with Gasteiger partial charge in [-0.3, -0.25) is 4.79 Å². The van der Waals surface area contributed by atoms with Crippen molar-refractivity contribution in [2.75, 3.05) is 5.32 Å². The van der Waals surface area contributed by atoms with Crippen LogP contribution in [0.25, 0.3) is 0 Å². The number of fused-ring (bicyclic) bond motifs is 1. The van der Waals surface area contributed by atoms with E-state index in [9.17, 15) is 4.79 Å². The number of anilines is 1. The fraction of sp³-hybridized carbons (Fsp3) is 0.278. The van der Waals surface area contributed by atoms with Gasteiger partial charge < -0.3 is 5.32 Å². The predicted octanol–water partition coefficient (Wildman–Crippen LogP) is 4.74. The molecule has 21 heavy (non-hydrogen) atoms. The molecule has 1 N–H and O–H groups in total. The molecule has 3 heteroatoms. The van der Waals surface area contributed by atoms with Crippen molar-refractivity contribution in [1.29, 1.82) is 0 Å². The van der Waals surface area contributed by atoms with Crippen molar-refractivity contribution < 1.29 is 4.79 Å². The average molecular weight is 300 g/mol. The molecule has 0 aromatic heterocycles. The first-order chi connectivity index (χ1) is 10.0. The molecule has 1 amide bonds. The van der Waals surface area contributed by atoms with Gasteiger partial charge >= 0.3 is 0 Å². The van der Waals surface area contributed by atoms with Crippen molar-refractivity contribution >= 4 is 23.2 Å². The van der Waals surface area contributed by atoms with Crippen LogP contribution in [0.1, 0.15) is 42.4 Å². The number of rotatable bonds is 3. The molecular weight excluding hydrogens is 282 g/mol. The smallest absolute Gasteiger partial charge is 0.232 e. The van der Waals surface area contributed by atoms with Gasteiger partial charge in [-0.1, -0.05) is 49.7 Å². The predicted molar refractivity (Wildman–Crippen MR) is 87.1 cm³/mol. The summed E-state index contributed by atoms with van der Waals surface area (Å²) in [5.74, 6) is 0.428. The Morgan fingerprint density at radius 2 is 1.86 bits per heavy atom. The number of carbonyl (C=O) groups is 1. The van der Waals surface area contributed by atoms with Gasteiger partial charge in [0.2, 0.25) is 5.91 Å². The van der Waals surface area contributed by atoms with Crippen molar-refractivity contribution in [1.82, 2.24) is 0 Å². The number of amides is 1. The molecule has 0 unspecified atom stereocenters. The Kier molecular flexibility index (Phi) is 3.73. The molecule has 1 atom stereocenters. The van der Waals surface area contributed by atoms with E-state index in [1.165, 1.54) is 11.1 Å². The minimum atomic E-state index is -0.149. The molecule has 0 radical (unpaired) electrons. The van der Waals surface area contributed by atoms with E-state index >= 15 is 0 Å². The van der Waals surface area contributed by atoms with Crippen LogP contribution in [0.3, 0.4) is 0 Å². The van der Waals surface area contributed by atoms with Gasteiger partial charge in [-0.05, 0) is 47.2 Å². The van der Waals surface area contributed by atoms with Crippen LogP contribution in [-0.4, -0.2) is 5.91 Å². The zero-order valence-corrected chi connectivity index (χ0v) is 12.9. The number of nitrogens with one attached hydrogen (secondary N) is 1. The molecular formula is C18H18ClNO. The number of hydrogen-bond donors (Lipinski definition) is 1. The number of hydrogen-bond acceptors (Lipinski definition) is 1. The lowest BCUT2D eigenvalue weighted by atomic mass is 9.92. The highest BCUT2D eigenvalue weighted by Crippen LogP contribution is 2.36. The summed E-state index contributed by atoms with van der Waals surface area (Å²) in [6, 6.07) is 14.1. The van der Waals surface area contributed by atoms with E-state index in [1.54, 1.807) is 6.07 Å². The molecule has 1 heterocycles. The second kappa shape index (κ2) is 5.53. The van der Waals surface area contributed by atoms with E-state index in [4.69, 9.17) is 11.6 Å². The van der Waals surface area contributed by atoms with Crippen LogP contribution >= 0.6 is 11.6 Å². The van der Waals surface area contributed by atoms with Gasteiger partial charge in [-0.2, -0.15) is 0 Å². The third-order valence-electron chi connectivity index (χ3n) is 4.05. The van der Waals surface area contributed by atoms with Crippen LogP contribution in [0.2, 0.25) is 5.02 Å². The second-order valence-corrected chi connectivity index (χ2v) is 6.31. The van der Waals surface area contributed by atoms with Crippen LogP contribution in [0.15, 0.2) is 42.5 Å². The standard InChI is InChI=1S/C18H18ClNO/c1-11(2)13-5-3-12(4-6-13)9-16-15-10-14(19)7-8-17(15)20-18(16)21/h3-8,10-11,16H,9H2,1-2H3,(H,20,21)/t16-/m0/s1. The molecule has 0 fully saturated rings. The van der Waals surface area contributed by atoms with E-state index in [-0.39, 0.29) is 11.8 Å². The quantitative estimate of drug-likeness (QED) is 0.871. The molecule has 1 aliphatic rings. The monoisotopic (exact) mass is 299 g/mol. The molecule has 2 nitrogen and oxygen atoms in total. The highest BCUT2D eigenvalue weighted by molar-refractivity contribution is 6.31. The van der Waals surface area contributed by atoms with Gasteiger partial charge in [0.15, 0.2) is 0 Å². The summed E-state index contributed by atoms with van der Waals surface area (Å²) in [7, 11) is 0. The summed E-state index contributed by atoms with van der Waals surface area (Å²) < 4.78 is 0. The van der Waals surface area contributed by atoms with Gasteiger partial charge in [0.25, 0.3) is 0 Å². The molecule has 0 saturated heterocycles. The lowest BCUT2D eigenvalue weighted by Crippen LogP contribution is -2.14. The van der Waals surface area contributed by atoms with E-state index in [0.717, 1.165) is 11.3 Å². The maximum atomic E-state index is 12.2. The Morgan fingerprint density at radius 3 is 2.52 bits per heavy atom. The van der Waals surface area contributed by atoms with Gasteiger partial charge in [-0.25, -0.2) is 0 Å². The average Bonchev–Trinajstić information content (AvgIpc) is 2.76. The lowest BCUT2D eigenvalue weighted by molar-refractivity contribution is -0.117. The van der Waals surface area contributed by atoms with Crippen LogP contribution < -0.4 is 5.32 Å². The molecule has 3 rings (SSSR count). The first kappa shape index (κ1) is 14.2. The zero-order valence-electron chi connectivity index (χ0n) is 12.2. The van der Waals surface area contributed by atoms with Gasteiger partial charge in [-0.15, -0.1) is 0 Å². The van der Waals surface area contributed by atoms with E-state index in [2.05, 4.69) is 43.4 Å². The Hall–Kier alpha value is -1.80. The van der Waals surface area contributed by atoms with Crippen molar-refractivity contribution in [2.45, 2.75) is 32.1 Å². The van der Waals surface area contributed by atoms with E-state index in [1.807, 2.05) is 12.1 Å². The Labute approximate surface area is 130 Å². The van der Waals surface area contributed by atoms with Gasteiger partial charge in [0.1, 0.15) is 0 Å². The molecule has 0 aliphatic carbocycles. The van der Waals surface area contributed by atoms with Crippen molar-refractivity contribution in [3.05, 3.63) is 64.2 Å². The molecule has 0 spiro atoms. The Balaban J connectivity index is 1.85. The summed E-state index contributed by atoms with van der Waals surface area (Å²) in [5, 5.41) is 3.60. The SMILES string of the molecule is CC(C)c1ccc(C[C@@H]2C(=O)Nc3ccc(Cl)cc32)cc1. The summed E-state index contributed by atoms with van der Waals surface area (Å²) in [4.78, 5) is 12.2. The summed E-state index contributed by atoms with van der Waals surface area (Å²) >= 11 is 6.06. The van der Waals surface area contributed by atoms with Crippen molar-refractivity contribution in [2.24, 2.45) is 0 Å². The first-order valence-electron chi connectivity index (χ1n) is 7.24. The van der Waals surface area contributed by atoms with E-state index in [0.29, 0.717) is 17.4 Å². The third-order valence-corrected chi connectivity index (χ3v) is 4.28. The maximum Gasteiger partial charge on any atom is 0.232 e. The molecule has 2 aromatic carbocycles. The third kappa shape index (κ3) is 2.81. The topological polar surface area (TPSA) is 29.1 Å². The number of carbonyl (C=O) groups excluding carboxylic acids is 1. The molecule has 0 bridgehead atoms. The fourth-order valence-corrected chi connectivity index (χ4v) is 2.95. The molecule has 2 aromatic rings. The molecule has 1 aliphatic heterocycles. The highest BCUT2D eigenvalue weighted by atomic mass is 35.5. The second-order valence-electron chi connectivity index (χ2n) is 5.87. The van der Waals surface area contributed by atoms with Gasteiger partial charge in [0, 0.05) is 10.7 Å². The van der Waals surface area contributed by atoms with Crippen LogP contribution in [-0.2, 0) is 11.2 Å². The highest BCUT2D eigenvalue weighted by Gasteiger charge is 2.30. The molecule has 0 saturated carbocycles. The Morgan fingerprint density at radius 1 is 1.14 bits per heavy atom. The Bertz CT molecular complexity index is 676. The largest absolute Gasteiger partial charge is 0.325 e. The minimum absolute atomic E-state index is 0.0557. The van der Waals surface area contributed by atoms with Crippen LogP contribution in [0.4, 0.5) is 5.69 Å². The van der Waals surface area contributed by atoms with E-state index < -0.39 is 0 Å². The number of halogens is 1. The van der Waals surface area contributed by atoms with Crippen LogP contribution in [0, 0.1) is 0 Å². The molecule has 108 valence electrons. The van der Waals surface area contributed by atoms with Gasteiger partial charge in [0.05, 0.1) is 5.92 Å². The van der Waals surface area contributed by atoms with Crippen molar-refractivity contribution in [3.63, 3.8) is 0 Å². The van der Waals surface area contributed by atoms with Crippen molar-refractivity contribution in [3.8, 4) is 0 Å². The maximum absolute atomic E-state index is 12.2. The summed E-state index contributed by atoms with van der Waals surface area (Å²) in [6.07, 6.45) is 0.706. The lowest BCUT2D eigenvalue weighted by Gasteiger charge is -2.11. The minimum Gasteiger partial charge on any atom is -0.325 e.